The minimum Gasteiger partial charge on any atom is -0.465 e. The topological polar surface area (TPSA) is 78.9 Å². The van der Waals surface area contributed by atoms with Crippen LogP contribution in [0.5, 0.6) is 0 Å². The van der Waals surface area contributed by atoms with Crippen molar-refractivity contribution in [3.05, 3.63) is 11.1 Å². The molecule has 45 heavy (non-hydrogen) atoms. The SMILES string of the molecule is CC(=O)OC[C@]12CC/C(=C(/C)CC3CC(=O)OC3=O)C1C1CCC3[C@@]4(C)CC[C@H](OC(C)C)C(C)(C)[C@@H]4CC[C@@]3(C)[C@]1(C)CC2. The zero-order valence-electron chi connectivity index (χ0n) is 29.7. The van der Waals surface area contributed by atoms with Crippen LogP contribution in [0.25, 0.3) is 0 Å². The molecule has 252 valence electrons. The second-order valence-electron chi connectivity index (χ2n) is 18.0. The second-order valence-corrected chi connectivity index (χ2v) is 18.0. The Labute approximate surface area is 272 Å². The van der Waals surface area contributed by atoms with Gasteiger partial charge in [-0.2, -0.15) is 0 Å². The van der Waals surface area contributed by atoms with Gasteiger partial charge in [-0.1, -0.05) is 45.8 Å². The minimum atomic E-state index is -0.396. The first kappa shape index (κ1) is 33.2. The molecule has 1 aliphatic heterocycles. The summed E-state index contributed by atoms with van der Waals surface area (Å²) in [5, 5.41) is 0. The number of allylic oxidation sites excluding steroid dienone is 2. The fourth-order valence-corrected chi connectivity index (χ4v) is 13.2. The molecule has 1 heterocycles. The van der Waals surface area contributed by atoms with Crippen LogP contribution in [0.15, 0.2) is 11.1 Å². The predicted molar refractivity (Wildman–Crippen MR) is 174 cm³/mol. The Morgan fingerprint density at radius 2 is 1.62 bits per heavy atom. The summed E-state index contributed by atoms with van der Waals surface area (Å²) in [6, 6.07) is 0. The third-order valence-corrected chi connectivity index (χ3v) is 15.4. The lowest BCUT2D eigenvalue weighted by atomic mass is 9.32. The van der Waals surface area contributed by atoms with Crippen LogP contribution < -0.4 is 0 Å². The molecule has 0 bridgehead atoms. The number of cyclic esters (lactones) is 2. The highest BCUT2D eigenvalue weighted by molar-refractivity contribution is 5.94. The van der Waals surface area contributed by atoms with E-state index in [4.69, 9.17) is 14.2 Å². The Hall–Kier alpha value is -1.69. The van der Waals surface area contributed by atoms with Crippen LogP contribution in [0.3, 0.4) is 0 Å². The van der Waals surface area contributed by atoms with Crippen molar-refractivity contribution < 1.29 is 28.6 Å². The van der Waals surface area contributed by atoms with Gasteiger partial charge in [-0.25, -0.2) is 0 Å². The molecule has 1 saturated heterocycles. The molecule has 6 rings (SSSR count). The zero-order chi connectivity index (χ0) is 32.7. The van der Waals surface area contributed by atoms with Gasteiger partial charge in [0.05, 0.1) is 31.2 Å². The van der Waals surface area contributed by atoms with E-state index in [0.29, 0.717) is 48.2 Å². The molecule has 0 aromatic heterocycles. The summed E-state index contributed by atoms with van der Waals surface area (Å²) in [5.41, 5.74) is 3.58. The van der Waals surface area contributed by atoms with E-state index in [1.165, 1.54) is 56.6 Å². The van der Waals surface area contributed by atoms with Gasteiger partial charge in [-0.3, -0.25) is 14.4 Å². The number of hydrogen-bond acceptors (Lipinski definition) is 6. The molecule has 0 amide bonds. The van der Waals surface area contributed by atoms with Gasteiger partial charge in [0.1, 0.15) is 0 Å². The molecule has 6 fully saturated rings. The average Bonchev–Trinajstić information content (AvgIpc) is 3.48. The predicted octanol–water partition coefficient (Wildman–Crippen LogP) is 8.60. The fourth-order valence-electron chi connectivity index (χ4n) is 13.2. The first-order chi connectivity index (χ1) is 21.0. The normalized spacial score (nSPS) is 46.5. The largest absolute Gasteiger partial charge is 0.465 e. The first-order valence-electron chi connectivity index (χ1n) is 18.2. The molecule has 6 heteroatoms. The number of fused-ring (bicyclic) bond motifs is 7. The Bertz CT molecular complexity index is 1260. The van der Waals surface area contributed by atoms with Crippen LogP contribution in [0.1, 0.15) is 139 Å². The van der Waals surface area contributed by atoms with Crippen molar-refractivity contribution in [2.24, 2.45) is 56.7 Å². The smallest absolute Gasteiger partial charge is 0.317 e. The van der Waals surface area contributed by atoms with E-state index in [2.05, 4.69) is 55.4 Å². The van der Waals surface area contributed by atoms with E-state index in [1.54, 1.807) is 0 Å². The molecule has 0 aromatic carbocycles. The molecule has 4 unspecified atom stereocenters. The van der Waals surface area contributed by atoms with Crippen molar-refractivity contribution in [3.8, 4) is 0 Å². The number of hydrogen-bond donors (Lipinski definition) is 0. The van der Waals surface area contributed by atoms with Crippen LogP contribution in [0.4, 0.5) is 0 Å². The lowest BCUT2D eigenvalue weighted by molar-refractivity contribution is -0.251. The third kappa shape index (κ3) is 5.00. The maximum atomic E-state index is 12.5. The zero-order valence-corrected chi connectivity index (χ0v) is 29.7. The van der Waals surface area contributed by atoms with Crippen molar-refractivity contribution in [1.29, 1.82) is 0 Å². The maximum Gasteiger partial charge on any atom is 0.317 e. The number of ether oxygens (including phenoxy) is 3. The number of esters is 3. The van der Waals surface area contributed by atoms with Gasteiger partial charge in [0.25, 0.3) is 0 Å². The number of carbonyl (C=O) groups excluding carboxylic acids is 3. The standard InChI is InChI=1S/C39H60O6/c1-23(2)44-31-14-15-36(7)29(35(31,5)6)13-16-38(9)30(36)11-10-28-33-27(24(3)20-26-21-32(41)45-34(26)42)12-17-39(33,22-43-25(4)40)19-18-37(28,38)8/h23,26,28-31,33H,10-22H2,1-9H3/b27-24+/t26?,28?,29-,30?,31-,33?,36-,37+,38+,39+/m0/s1. The molecule has 6 aliphatic rings. The molecule has 0 N–H and O–H groups in total. The van der Waals surface area contributed by atoms with Gasteiger partial charge >= 0.3 is 17.9 Å². The summed E-state index contributed by atoms with van der Waals surface area (Å²) in [6.45, 7) is 21.5. The summed E-state index contributed by atoms with van der Waals surface area (Å²) in [5.74, 6) is 0.869. The van der Waals surface area contributed by atoms with Crippen molar-refractivity contribution in [2.45, 2.75) is 152 Å². The van der Waals surface area contributed by atoms with Crippen LogP contribution in [-0.2, 0) is 28.6 Å². The lowest BCUT2D eigenvalue weighted by Crippen LogP contribution is -2.66. The highest BCUT2D eigenvalue weighted by Crippen LogP contribution is 2.77. The molecule has 0 aromatic rings. The first-order valence-corrected chi connectivity index (χ1v) is 18.2. The van der Waals surface area contributed by atoms with Gasteiger partial charge in [0.15, 0.2) is 0 Å². The van der Waals surface area contributed by atoms with E-state index in [9.17, 15) is 14.4 Å². The lowest BCUT2D eigenvalue weighted by Gasteiger charge is -2.73. The Balaban J connectivity index is 1.35. The van der Waals surface area contributed by atoms with Crippen molar-refractivity contribution in [3.63, 3.8) is 0 Å². The Morgan fingerprint density at radius 1 is 0.889 bits per heavy atom. The Kier molecular flexibility index (Phi) is 8.26. The summed E-state index contributed by atoms with van der Waals surface area (Å²) in [6.07, 6.45) is 13.0. The number of rotatable bonds is 6. The Morgan fingerprint density at radius 3 is 2.27 bits per heavy atom. The van der Waals surface area contributed by atoms with Crippen LogP contribution in [-0.4, -0.2) is 36.7 Å². The highest BCUT2D eigenvalue weighted by Gasteiger charge is 2.70. The summed E-state index contributed by atoms with van der Waals surface area (Å²) < 4.78 is 17.4. The van der Waals surface area contributed by atoms with Crippen molar-refractivity contribution in [1.82, 2.24) is 0 Å². The van der Waals surface area contributed by atoms with Gasteiger partial charge in [-0.05, 0) is 137 Å². The molecule has 0 radical (unpaired) electrons. The molecular formula is C39H60O6. The van der Waals surface area contributed by atoms with E-state index in [-0.39, 0.29) is 52.0 Å². The number of carbonyl (C=O) groups is 3. The summed E-state index contributed by atoms with van der Waals surface area (Å²) >= 11 is 0. The van der Waals surface area contributed by atoms with Gasteiger partial charge in [-0.15, -0.1) is 0 Å². The van der Waals surface area contributed by atoms with Gasteiger partial charge < -0.3 is 14.2 Å². The molecule has 10 atom stereocenters. The highest BCUT2D eigenvalue weighted by atomic mass is 16.6. The van der Waals surface area contributed by atoms with E-state index in [1.807, 2.05) is 0 Å². The second kappa shape index (κ2) is 11.2. The molecular weight excluding hydrogens is 564 g/mol. The monoisotopic (exact) mass is 624 g/mol. The molecule has 6 nitrogen and oxygen atoms in total. The van der Waals surface area contributed by atoms with E-state index < -0.39 is 5.97 Å². The maximum absolute atomic E-state index is 12.5. The third-order valence-electron chi connectivity index (χ3n) is 15.4. The van der Waals surface area contributed by atoms with Crippen LogP contribution >= 0.6 is 0 Å². The molecule has 5 aliphatic carbocycles. The van der Waals surface area contributed by atoms with Crippen molar-refractivity contribution >= 4 is 17.9 Å². The van der Waals surface area contributed by atoms with Crippen LogP contribution in [0.2, 0.25) is 0 Å². The quantitative estimate of drug-likeness (QED) is 0.167. The van der Waals surface area contributed by atoms with E-state index in [0.717, 1.165) is 25.7 Å². The van der Waals surface area contributed by atoms with Gasteiger partial charge in [0.2, 0.25) is 0 Å². The molecule has 0 spiro atoms. The summed E-state index contributed by atoms with van der Waals surface area (Å²) in [7, 11) is 0. The van der Waals surface area contributed by atoms with E-state index >= 15 is 0 Å². The van der Waals surface area contributed by atoms with Crippen LogP contribution in [0, 0.1) is 56.7 Å². The van der Waals surface area contributed by atoms with Crippen molar-refractivity contribution in [2.75, 3.05) is 6.61 Å². The summed E-state index contributed by atoms with van der Waals surface area (Å²) in [4.78, 5) is 36.5. The van der Waals surface area contributed by atoms with Gasteiger partial charge in [0, 0.05) is 12.3 Å². The molecule has 5 saturated carbocycles. The average molecular weight is 625 g/mol. The minimum absolute atomic E-state index is 0.0447. The fraction of sp³-hybridized carbons (Fsp3) is 0.872.